The zero-order chi connectivity index (χ0) is 15.8. The monoisotopic (exact) mass is 324 g/mol. The van der Waals surface area contributed by atoms with Crippen molar-refractivity contribution in [2.45, 2.75) is 20.3 Å². The molecule has 0 fully saturated rings. The summed E-state index contributed by atoms with van der Waals surface area (Å²) in [4.78, 5) is 22.0. The molecule has 4 N–H and O–H groups in total. The molecule has 0 heterocycles. The number of amides is 2. The molecule has 1 rings (SSSR count). The van der Waals surface area contributed by atoms with Crippen LogP contribution in [0.5, 0.6) is 0 Å². The minimum atomic E-state index is -0.234. The summed E-state index contributed by atoms with van der Waals surface area (Å²) in [5.41, 5.74) is 1.45. The van der Waals surface area contributed by atoms with Crippen LogP contribution in [0.15, 0.2) is 24.3 Å². The van der Waals surface area contributed by atoms with E-state index in [9.17, 15) is 9.59 Å². The van der Waals surface area contributed by atoms with Gasteiger partial charge in [-0.1, -0.05) is 6.92 Å². The Labute approximate surface area is 133 Å². The van der Waals surface area contributed by atoms with E-state index in [4.69, 9.17) is 24.4 Å². The first-order valence-electron chi connectivity index (χ1n) is 6.20. The van der Waals surface area contributed by atoms with Gasteiger partial charge in [0.2, 0.25) is 11.8 Å². The van der Waals surface area contributed by atoms with E-state index in [0.29, 0.717) is 6.42 Å². The maximum absolute atomic E-state index is 11.2. The van der Waals surface area contributed by atoms with Crippen LogP contribution in [0.25, 0.3) is 0 Å². The minimum Gasteiger partial charge on any atom is -0.332 e. The Balaban J connectivity index is 2.54. The Morgan fingerprint density at radius 3 is 1.76 bits per heavy atom. The number of nitrogens with one attached hydrogen (secondary N) is 4. The van der Waals surface area contributed by atoms with Crippen molar-refractivity contribution >= 4 is 57.8 Å². The fourth-order valence-corrected chi connectivity index (χ4v) is 1.83. The zero-order valence-electron chi connectivity index (χ0n) is 11.6. The summed E-state index contributed by atoms with van der Waals surface area (Å²) in [5, 5.41) is 11.2. The second-order valence-electron chi connectivity index (χ2n) is 4.07. The van der Waals surface area contributed by atoms with Gasteiger partial charge in [-0.3, -0.25) is 9.59 Å². The molecule has 0 aromatic heterocycles. The van der Waals surface area contributed by atoms with E-state index in [1.165, 1.54) is 6.92 Å². The van der Waals surface area contributed by atoms with Crippen molar-refractivity contribution in [2.75, 3.05) is 10.6 Å². The molecule has 0 spiro atoms. The van der Waals surface area contributed by atoms with Crippen molar-refractivity contribution in [1.29, 1.82) is 0 Å². The molecule has 0 aliphatic rings. The minimum absolute atomic E-state index is 0.147. The van der Waals surface area contributed by atoms with Crippen LogP contribution < -0.4 is 21.3 Å². The van der Waals surface area contributed by atoms with Gasteiger partial charge in [-0.25, -0.2) is 0 Å². The van der Waals surface area contributed by atoms with Crippen molar-refractivity contribution < 1.29 is 9.59 Å². The fourth-order valence-electron chi connectivity index (χ4n) is 1.34. The summed E-state index contributed by atoms with van der Waals surface area (Å²) in [6.07, 6.45) is 0.366. The topological polar surface area (TPSA) is 82.3 Å². The van der Waals surface area contributed by atoms with E-state index >= 15 is 0 Å². The number of benzene rings is 1. The van der Waals surface area contributed by atoms with Gasteiger partial charge in [-0.2, -0.15) is 0 Å². The van der Waals surface area contributed by atoms with Gasteiger partial charge in [0.15, 0.2) is 10.2 Å². The van der Waals surface area contributed by atoms with Gasteiger partial charge >= 0.3 is 0 Å². The highest BCUT2D eigenvalue weighted by Gasteiger charge is 2.03. The zero-order valence-corrected chi connectivity index (χ0v) is 13.3. The number of hydrogen-bond acceptors (Lipinski definition) is 4. The maximum atomic E-state index is 11.2. The lowest BCUT2D eigenvalue weighted by Crippen LogP contribution is -2.33. The molecule has 0 radical (unpaired) electrons. The predicted octanol–water partition coefficient (Wildman–Crippen LogP) is 1.74. The third-order valence-corrected chi connectivity index (χ3v) is 2.67. The molecule has 0 saturated heterocycles. The number of rotatable bonds is 3. The number of hydrogen-bond donors (Lipinski definition) is 4. The molecule has 6 nitrogen and oxygen atoms in total. The summed E-state index contributed by atoms with van der Waals surface area (Å²) >= 11 is 9.95. The van der Waals surface area contributed by atoms with Crippen molar-refractivity contribution in [3.05, 3.63) is 24.3 Å². The Bertz CT molecular complexity index is 558. The van der Waals surface area contributed by atoms with Crippen LogP contribution in [0.2, 0.25) is 0 Å². The molecule has 0 saturated carbocycles. The first-order chi connectivity index (χ1) is 9.90. The summed E-state index contributed by atoms with van der Waals surface area (Å²) in [5.74, 6) is -0.380. The fraction of sp³-hybridized carbons (Fsp3) is 0.231. The highest BCUT2D eigenvalue weighted by atomic mass is 32.1. The van der Waals surface area contributed by atoms with Gasteiger partial charge in [0.25, 0.3) is 0 Å². The maximum Gasteiger partial charge on any atom is 0.225 e. The summed E-state index contributed by atoms with van der Waals surface area (Å²) in [6.45, 7) is 3.13. The van der Waals surface area contributed by atoms with Crippen molar-refractivity contribution in [3.8, 4) is 0 Å². The standard InChI is InChI=1S/C13H16N4O2S2/c1-3-11(19)17-13(21)16-10-6-4-9(5-7-10)15-12(20)14-8(2)18/h4-7H,3H2,1-2H3,(H2,14,15,18,20)(H2,16,17,19,21). The Hall–Kier alpha value is -2.06. The normalized spacial score (nSPS) is 9.43. The number of carbonyl (C=O) groups is 2. The van der Waals surface area contributed by atoms with Crippen LogP contribution in [0.1, 0.15) is 20.3 Å². The van der Waals surface area contributed by atoms with Crippen LogP contribution in [0.4, 0.5) is 11.4 Å². The van der Waals surface area contributed by atoms with Gasteiger partial charge in [0, 0.05) is 24.7 Å². The molecule has 0 aliphatic carbocycles. The molecule has 0 aliphatic heterocycles. The van der Waals surface area contributed by atoms with E-state index in [1.54, 1.807) is 31.2 Å². The second-order valence-corrected chi connectivity index (χ2v) is 4.89. The van der Waals surface area contributed by atoms with E-state index in [0.717, 1.165) is 11.4 Å². The molecule has 21 heavy (non-hydrogen) atoms. The molecule has 1 aromatic rings. The van der Waals surface area contributed by atoms with Gasteiger partial charge in [0.1, 0.15) is 0 Å². The van der Waals surface area contributed by atoms with Gasteiger partial charge in [0.05, 0.1) is 0 Å². The summed E-state index contributed by atoms with van der Waals surface area (Å²) in [6, 6.07) is 7.06. The average Bonchev–Trinajstić information content (AvgIpc) is 2.39. The largest absolute Gasteiger partial charge is 0.332 e. The third kappa shape index (κ3) is 6.77. The van der Waals surface area contributed by atoms with Crippen LogP contribution in [-0.2, 0) is 9.59 Å². The van der Waals surface area contributed by atoms with E-state index in [-0.39, 0.29) is 22.0 Å². The molecule has 0 bridgehead atoms. The van der Waals surface area contributed by atoms with Crippen molar-refractivity contribution in [1.82, 2.24) is 10.6 Å². The molecule has 0 unspecified atom stereocenters. The van der Waals surface area contributed by atoms with E-state index in [2.05, 4.69) is 21.3 Å². The first-order valence-corrected chi connectivity index (χ1v) is 7.02. The van der Waals surface area contributed by atoms with Gasteiger partial charge in [-0.15, -0.1) is 0 Å². The second kappa shape index (κ2) is 8.28. The Morgan fingerprint density at radius 1 is 0.952 bits per heavy atom. The Morgan fingerprint density at radius 2 is 1.38 bits per heavy atom. The predicted molar refractivity (Wildman–Crippen MR) is 91.1 cm³/mol. The molecular weight excluding hydrogens is 308 g/mol. The molecule has 0 atom stereocenters. The lowest BCUT2D eigenvalue weighted by molar-refractivity contribution is -0.119. The quantitative estimate of drug-likeness (QED) is 0.634. The first kappa shape index (κ1) is 17.0. The van der Waals surface area contributed by atoms with Gasteiger partial charge < -0.3 is 21.3 Å². The van der Waals surface area contributed by atoms with Crippen LogP contribution in [0, 0.1) is 0 Å². The Kier molecular flexibility index (Phi) is 6.70. The van der Waals surface area contributed by atoms with Gasteiger partial charge in [-0.05, 0) is 48.7 Å². The highest BCUT2D eigenvalue weighted by molar-refractivity contribution is 7.80. The van der Waals surface area contributed by atoms with E-state index < -0.39 is 0 Å². The molecule has 2 amide bonds. The smallest absolute Gasteiger partial charge is 0.225 e. The number of carbonyl (C=O) groups excluding carboxylic acids is 2. The molecule has 8 heteroatoms. The molecular formula is C13H16N4O2S2. The van der Waals surface area contributed by atoms with E-state index in [1.807, 2.05) is 0 Å². The lowest BCUT2D eigenvalue weighted by Gasteiger charge is -2.11. The van der Waals surface area contributed by atoms with Crippen LogP contribution in [0.3, 0.4) is 0 Å². The lowest BCUT2D eigenvalue weighted by atomic mass is 10.3. The number of thiocarbonyl (C=S) groups is 2. The van der Waals surface area contributed by atoms with Crippen molar-refractivity contribution in [3.63, 3.8) is 0 Å². The third-order valence-electron chi connectivity index (χ3n) is 2.26. The summed E-state index contributed by atoms with van der Waals surface area (Å²) in [7, 11) is 0. The van der Waals surface area contributed by atoms with Crippen LogP contribution in [-0.4, -0.2) is 22.0 Å². The average molecular weight is 324 g/mol. The molecule has 1 aromatic carbocycles. The molecule has 112 valence electrons. The summed E-state index contributed by atoms with van der Waals surface area (Å²) < 4.78 is 0. The SMILES string of the molecule is CCC(=O)NC(=S)Nc1ccc(NC(=S)NC(C)=O)cc1. The van der Waals surface area contributed by atoms with Crippen molar-refractivity contribution in [2.24, 2.45) is 0 Å². The number of anilines is 2. The highest BCUT2D eigenvalue weighted by Crippen LogP contribution is 2.13. The van der Waals surface area contributed by atoms with Crippen LogP contribution >= 0.6 is 24.4 Å².